The van der Waals surface area contributed by atoms with Gasteiger partial charge < -0.3 is 13.3 Å². The first-order chi connectivity index (χ1) is 9.69. The molecule has 0 aliphatic carbocycles. The summed E-state index contributed by atoms with van der Waals surface area (Å²) < 4.78 is 16.1. The van der Waals surface area contributed by atoms with Gasteiger partial charge in [0.25, 0.3) is 0 Å². The van der Waals surface area contributed by atoms with Gasteiger partial charge in [-0.05, 0) is 17.5 Å². The average molecular weight is 293 g/mol. The van der Waals surface area contributed by atoms with E-state index in [1.165, 1.54) is 0 Å². The molecule has 5 heteroatoms. The van der Waals surface area contributed by atoms with Crippen LogP contribution in [0.25, 0.3) is 6.08 Å². The van der Waals surface area contributed by atoms with E-state index >= 15 is 0 Å². The molecule has 0 amide bonds. The molecule has 0 spiro atoms. The predicted octanol–water partition coefficient (Wildman–Crippen LogP) is 3.02. The van der Waals surface area contributed by atoms with Gasteiger partial charge in [-0.25, -0.2) is 0 Å². The Kier molecular flexibility index (Phi) is 7.39. The second kappa shape index (κ2) is 8.81. The van der Waals surface area contributed by atoms with Crippen molar-refractivity contribution in [2.24, 2.45) is 4.99 Å². The van der Waals surface area contributed by atoms with Crippen molar-refractivity contribution < 1.29 is 13.3 Å². The van der Waals surface area contributed by atoms with Gasteiger partial charge >= 0.3 is 8.80 Å². The van der Waals surface area contributed by atoms with E-state index in [0.717, 1.165) is 30.1 Å². The van der Waals surface area contributed by atoms with Crippen molar-refractivity contribution in [3.8, 4) is 0 Å². The van der Waals surface area contributed by atoms with Gasteiger partial charge in [0.05, 0.1) is 0 Å². The van der Waals surface area contributed by atoms with Crippen LogP contribution in [-0.2, 0) is 13.3 Å². The Morgan fingerprint density at radius 2 is 1.60 bits per heavy atom. The van der Waals surface area contributed by atoms with Crippen LogP contribution in [0.4, 0.5) is 0 Å². The second-order valence-electron chi connectivity index (χ2n) is 4.31. The lowest BCUT2D eigenvalue weighted by Crippen LogP contribution is -2.42. The zero-order valence-electron chi connectivity index (χ0n) is 12.5. The molecule has 0 atom stereocenters. The molecule has 1 aromatic rings. The van der Waals surface area contributed by atoms with Gasteiger partial charge in [0.2, 0.25) is 0 Å². The first-order valence-corrected chi connectivity index (χ1v) is 8.50. The third-order valence-corrected chi connectivity index (χ3v) is 5.95. The fourth-order valence-corrected chi connectivity index (χ4v) is 3.53. The Bertz CT molecular complexity index is 419. The number of aliphatic imine (C=N–C) groups is 1. The lowest BCUT2D eigenvalue weighted by molar-refractivity contribution is 0.123. The number of hydrogen-bond acceptors (Lipinski definition) is 4. The molecule has 0 N–H and O–H groups in total. The Morgan fingerprint density at radius 3 is 2.10 bits per heavy atom. The first-order valence-electron chi connectivity index (χ1n) is 6.57. The highest BCUT2D eigenvalue weighted by Crippen LogP contribution is 2.14. The molecule has 0 aromatic heterocycles. The van der Waals surface area contributed by atoms with Crippen LogP contribution in [0.2, 0.25) is 6.04 Å². The van der Waals surface area contributed by atoms with E-state index in [4.69, 9.17) is 13.3 Å². The minimum absolute atomic E-state index is 0.730. The molecule has 1 aromatic carbocycles. The van der Waals surface area contributed by atoms with E-state index < -0.39 is 8.80 Å². The molecule has 0 heterocycles. The summed E-state index contributed by atoms with van der Waals surface area (Å²) in [4.78, 5) is 4.41. The van der Waals surface area contributed by atoms with Crippen molar-refractivity contribution in [3.63, 3.8) is 0 Å². The predicted molar refractivity (Wildman–Crippen MR) is 85.2 cm³/mol. The van der Waals surface area contributed by atoms with Gasteiger partial charge in [0.15, 0.2) is 0 Å². The van der Waals surface area contributed by atoms with Gasteiger partial charge in [-0.2, -0.15) is 0 Å². The SMILES string of the molecule is C=Cc1ccc(C=NCCC[Si](OC)(OC)OC)cc1. The fraction of sp³-hybridized carbons (Fsp3) is 0.400. The molecular weight excluding hydrogens is 270 g/mol. The fourth-order valence-electron chi connectivity index (χ4n) is 1.83. The smallest absolute Gasteiger partial charge is 0.377 e. The Hall–Kier alpha value is -1.27. The molecule has 0 radical (unpaired) electrons. The van der Waals surface area contributed by atoms with E-state index in [1.807, 2.05) is 36.6 Å². The van der Waals surface area contributed by atoms with E-state index in [0.29, 0.717) is 0 Å². The van der Waals surface area contributed by atoms with Crippen LogP contribution in [-0.4, -0.2) is 42.9 Å². The van der Waals surface area contributed by atoms with E-state index in [-0.39, 0.29) is 0 Å². The lowest BCUT2D eigenvalue weighted by atomic mass is 10.1. The van der Waals surface area contributed by atoms with Crippen LogP contribution in [0.15, 0.2) is 35.8 Å². The van der Waals surface area contributed by atoms with E-state index in [1.54, 1.807) is 21.3 Å². The Labute approximate surface area is 122 Å². The topological polar surface area (TPSA) is 40.0 Å². The molecule has 110 valence electrons. The Balaban J connectivity index is 2.39. The molecule has 4 nitrogen and oxygen atoms in total. The number of hydrogen-bond donors (Lipinski definition) is 0. The summed E-state index contributed by atoms with van der Waals surface area (Å²) in [6.45, 7) is 4.46. The summed E-state index contributed by atoms with van der Waals surface area (Å²) in [5, 5.41) is 0. The van der Waals surface area contributed by atoms with Crippen molar-refractivity contribution >= 4 is 21.1 Å². The monoisotopic (exact) mass is 293 g/mol. The third-order valence-electron chi connectivity index (χ3n) is 3.12. The molecule has 0 fully saturated rings. The zero-order valence-corrected chi connectivity index (χ0v) is 13.5. The van der Waals surface area contributed by atoms with E-state index in [2.05, 4.69) is 11.6 Å². The quantitative estimate of drug-likeness (QED) is 0.399. The summed E-state index contributed by atoms with van der Waals surface area (Å²) in [5.74, 6) is 0. The first kappa shape index (κ1) is 16.8. The van der Waals surface area contributed by atoms with Crippen LogP contribution in [0.1, 0.15) is 17.5 Å². The van der Waals surface area contributed by atoms with Crippen molar-refractivity contribution in [1.29, 1.82) is 0 Å². The van der Waals surface area contributed by atoms with Crippen LogP contribution < -0.4 is 0 Å². The van der Waals surface area contributed by atoms with Crippen molar-refractivity contribution in [1.82, 2.24) is 0 Å². The number of benzene rings is 1. The molecule has 20 heavy (non-hydrogen) atoms. The molecule has 0 saturated carbocycles. The summed E-state index contributed by atoms with van der Waals surface area (Å²) in [6.07, 6.45) is 4.58. The van der Waals surface area contributed by atoms with Gasteiger partial charge in [0, 0.05) is 40.1 Å². The van der Waals surface area contributed by atoms with Crippen LogP contribution in [0.5, 0.6) is 0 Å². The maximum absolute atomic E-state index is 5.36. The molecule has 0 unspecified atom stereocenters. The summed E-state index contributed by atoms with van der Waals surface area (Å²) >= 11 is 0. The third kappa shape index (κ3) is 5.01. The normalized spacial score (nSPS) is 11.9. The highest BCUT2D eigenvalue weighted by Gasteiger charge is 2.36. The molecule has 0 bridgehead atoms. The highest BCUT2D eigenvalue weighted by molar-refractivity contribution is 6.60. The van der Waals surface area contributed by atoms with Crippen LogP contribution in [0, 0.1) is 0 Å². The summed E-state index contributed by atoms with van der Waals surface area (Å²) in [6, 6.07) is 8.86. The maximum atomic E-state index is 5.36. The molecule has 0 saturated heterocycles. The van der Waals surface area contributed by atoms with Gasteiger partial charge in [-0.1, -0.05) is 36.9 Å². The average Bonchev–Trinajstić information content (AvgIpc) is 2.52. The zero-order chi connectivity index (χ0) is 14.8. The van der Waals surface area contributed by atoms with E-state index in [9.17, 15) is 0 Å². The minimum atomic E-state index is -2.44. The summed E-state index contributed by atoms with van der Waals surface area (Å²) in [5.41, 5.74) is 2.20. The largest absolute Gasteiger partial charge is 0.500 e. The maximum Gasteiger partial charge on any atom is 0.500 e. The summed E-state index contributed by atoms with van der Waals surface area (Å²) in [7, 11) is 2.44. The van der Waals surface area contributed by atoms with Gasteiger partial charge in [-0.15, -0.1) is 0 Å². The molecular formula is C15H23NO3Si. The van der Waals surface area contributed by atoms with Crippen molar-refractivity contribution in [2.45, 2.75) is 12.5 Å². The number of rotatable bonds is 9. The minimum Gasteiger partial charge on any atom is -0.377 e. The Morgan fingerprint density at radius 1 is 1.05 bits per heavy atom. The molecule has 0 aliphatic rings. The second-order valence-corrected chi connectivity index (χ2v) is 7.40. The molecule has 1 rings (SSSR count). The van der Waals surface area contributed by atoms with Gasteiger partial charge in [0.1, 0.15) is 0 Å². The standard InChI is InChI=1S/C15H23NO3Si/c1-5-14-7-9-15(10-8-14)13-16-11-6-12-20(17-2,18-3)19-4/h5,7-10,13H,1,6,11-12H2,2-4H3. The van der Waals surface area contributed by atoms with Crippen LogP contribution in [0.3, 0.4) is 0 Å². The lowest BCUT2D eigenvalue weighted by Gasteiger charge is -2.23. The number of nitrogens with zero attached hydrogens (tertiary/aromatic N) is 1. The van der Waals surface area contributed by atoms with Crippen molar-refractivity contribution in [2.75, 3.05) is 27.9 Å². The molecule has 0 aliphatic heterocycles. The van der Waals surface area contributed by atoms with Crippen molar-refractivity contribution in [3.05, 3.63) is 42.0 Å². The van der Waals surface area contributed by atoms with Crippen LogP contribution >= 0.6 is 0 Å². The van der Waals surface area contributed by atoms with Gasteiger partial charge in [-0.3, -0.25) is 4.99 Å². The highest BCUT2D eigenvalue weighted by atomic mass is 28.4.